The van der Waals surface area contributed by atoms with Crippen molar-refractivity contribution in [1.29, 1.82) is 0 Å². The van der Waals surface area contributed by atoms with Crippen LogP contribution >= 0.6 is 0 Å². The second kappa shape index (κ2) is 8.25. The van der Waals surface area contributed by atoms with Crippen LogP contribution in [-0.4, -0.2) is 31.6 Å². The maximum Gasteiger partial charge on any atom is 0.407 e. The largest absolute Gasteiger partial charge is 0.445 e. The zero-order chi connectivity index (χ0) is 13.2. The second-order valence-electron chi connectivity index (χ2n) is 3.59. The van der Waals surface area contributed by atoms with Crippen molar-refractivity contribution in [2.24, 2.45) is 0 Å². The molecule has 0 aromatic heterocycles. The molecule has 0 saturated carbocycles. The van der Waals surface area contributed by atoms with Crippen LogP contribution in [0.3, 0.4) is 0 Å². The predicted molar refractivity (Wildman–Crippen MR) is 66.1 cm³/mol. The lowest BCUT2D eigenvalue weighted by molar-refractivity contribution is -0.122. The summed E-state index contributed by atoms with van der Waals surface area (Å²) in [5.74, 6) is -0.187. The summed E-state index contributed by atoms with van der Waals surface area (Å²) < 4.78 is 9.86. The normalized spacial score (nSPS) is 9.83. The molecule has 0 radical (unpaired) electrons. The topological polar surface area (TPSA) is 64.6 Å². The number of ketones is 1. The Morgan fingerprint density at radius 3 is 2.61 bits per heavy atom. The van der Waals surface area contributed by atoms with Gasteiger partial charge < -0.3 is 14.8 Å². The van der Waals surface area contributed by atoms with Gasteiger partial charge in [0.1, 0.15) is 13.2 Å². The average molecular weight is 251 g/mol. The standard InChI is InChI=1S/C13H17NO4/c1-2-17-10-12(15)8-14-13(16)18-9-11-6-4-3-5-7-11/h3-7H,2,8-10H2,1H3,(H,14,16). The first-order valence-corrected chi connectivity index (χ1v) is 5.76. The van der Waals surface area contributed by atoms with E-state index < -0.39 is 6.09 Å². The monoisotopic (exact) mass is 251 g/mol. The van der Waals surface area contributed by atoms with Gasteiger partial charge in [0, 0.05) is 6.61 Å². The molecule has 1 N–H and O–H groups in total. The van der Waals surface area contributed by atoms with Gasteiger partial charge in [-0.1, -0.05) is 30.3 Å². The van der Waals surface area contributed by atoms with Gasteiger partial charge in [0.2, 0.25) is 0 Å². The van der Waals surface area contributed by atoms with Crippen molar-refractivity contribution >= 4 is 11.9 Å². The summed E-state index contributed by atoms with van der Waals surface area (Å²) in [6, 6.07) is 9.32. The molecule has 0 fully saturated rings. The minimum Gasteiger partial charge on any atom is -0.445 e. The number of alkyl carbamates (subject to hydrolysis) is 1. The minimum absolute atomic E-state index is 0.00939. The summed E-state index contributed by atoms with van der Waals surface area (Å²) in [5, 5.41) is 2.37. The first-order chi connectivity index (χ1) is 8.72. The van der Waals surface area contributed by atoms with E-state index in [1.807, 2.05) is 30.3 Å². The van der Waals surface area contributed by atoms with Crippen molar-refractivity contribution in [2.45, 2.75) is 13.5 Å². The van der Waals surface area contributed by atoms with Crippen LogP contribution < -0.4 is 5.32 Å². The fourth-order valence-corrected chi connectivity index (χ4v) is 1.21. The molecule has 0 aliphatic heterocycles. The van der Waals surface area contributed by atoms with Crippen LogP contribution in [0, 0.1) is 0 Å². The molecule has 5 nitrogen and oxygen atoms in total. The van der Waals surface area contributed by atoms with Gasteiger partial charge in [-0.05, 0) is 12.5 Å². The van der Waals surface area contributed by atoms with Crippen LogP contribution in [-0.2, 0) is 20.9 Å². The highest BCUT2D eigenvalue weighted by molar-refractivity contribution is 5.84. The summed E-state index contributed by atoms with van der Waals surface area (Å²) in [6.45, 7) is 2.40. The third-order valence-electron chi connectivity index (χ3n) is 2.11. The van der Waals surface area contributed by atoms with Crippen LogP contribution in [0.1, 0.15) is 12.5 Å². The Hall–Kier alpha value is -1.88. The molecule has 0 aliphatic rings. The molecule has 0 bridgehead atoms. The first-order valence-electron chi connectivity index (χ1n) is 5.76. The number of hydrogen-bond acceptors (Lipinski definition) is 4. The third kappa shape index (κ3) is 6.00. The van der Waals surface area contributed by atoms with E-state index in [0.29, 0.717) is 6.61 Å². The van der Waals surface area contributed by atoms with Crippen molar-refractivity contribution in [3.8, 4) is 0 Å². The number of benzene rings is 1. The SMILES string of the molecule is CCOCC(=O)CNC(=O)OCc1ccccc1. The molecular formula is C13H17NO4. The summed E-state index contributed by atoms with van der Waals surface area (Å²) in [5.41, 5.74) is 0.897. The predicted octanol–water partition coefficient (Wildman–Crippen LogP) is 1.52. The molecule has 0 spiro atoms. The third-order valence-corrected chi connectivity index (χ3v) is 2.11. The Labute approximate surface area is 106 Å². The lowest BCUT2D eigenvalue weighted by atomic mass is 10.2. The fraction of sp³-hybridized carbons (Fsp3) is 0.385. The van der Waals surface area contributed by atoms with Gasteiger partial charge in [-0.25, -0.2) is 4.79 Å². The fourth-order valence-electron chi connectivity index (χ4n) is 1.21. The summed E-state index contributed by atoms with van der Waals surface area (Å²) in [6.07, 6.45) is -0.608. The highest BCUT2D eigenvalue weighted by Crippen LogP contribution is 2.00. The molecule has 5 heteroatoms. The van der Waals surface area contributed by atoms with Crippen LogP contribution in [0.2, 0.25) is 0 Å². The average Bonchev–Trinajstić information content (AvgIpc) is 2.41. The minimum atomic E-state index is -0.608. The van der Waals surface area contributed by atoms with Gasteiger partial charge in [-0.3, -0.25) is 4.79 Å². The van der Waals surface area contributed by atoms with Gasteiger partial charge in [-0.15, -0.1) is 0 Å². The van der Waals surface area contributed by atoms with E-state index in [1.54, 1.807) is 6.92 Å². The lowest BCUT2D eigenvalue weighted by Gasteiger charge is -2.06. The Balaban J connectivity index is 2.16. The first kappa shape index (κ1) is 14.2. The molecule has 1 rings (SSSR count). The summed E-state index contributed by atoms with van der Waals surface area (Å²) in [4.78, 5) is 22.5. The smallest absolute Gasteiger partial charge is 0.407 e. The van der Waals surface area contributed by atoms with Gasteiger partial charge >= 0.3 is 6.09 Å². The van der Waals surface area contributed by atoms with E-state index in [4.69, 9.17) is 9.47 Å². The van der Waals surface area contributed by atoms with Crippen LogP contribution in [0.15, 0.2) is 30.3 Å². The maximum atomic E-state index is 11.3. The van der Waals surface area contributed by atoms with Crippen LogP contribution in [0.4, 0.5) is 4.79 Å². The molecular weight excluding hydrogens is 234 g/mol. The number of hydrogen-bond donors (Lipinski definition) is 1. The molecule has 98 valence electrons. The van der Waals surface area contributed by atoms with Crippen LogP contribution in [0.25, 0.3) is 0 Å². The quantitative estimate of drug-likeness (QED) is 0.798. The Bertz CT molecular complexity index is 378. The summed E-state index contributed by atoms with van der Waals surface area (Å²) >= 11 is 0. The van der Waals surface area contributed by atoms with Gasteiger partial charge in [0.15, 0.2) is 5.78 Å². The zero-order valence-electron chi connectivity index (χ0n) is 10.3. The lowest BCUT2D eigenvalue weighted by Crippen LogP contribution is -2.31. The Morgan fingerprint density at radius 2 is 1.94 bits per heavy atom. The van der Waals surface area contributed by atoms with Crippen molar-refractivity contribution in [1.82, 2.24) is 5.32 Å². The van der Waals surface area contributed by atoms with E-state index in [9.17, 15) is 9.59 Å². The van der Waals surface area contributed by atoms with E-state index in [-0.39, 0.29) is 25.5 Å². The molecule has 1 aromatic rings. The van der Waals surface area contributed by atoms with Crippen molar-refractivity contribution < 1.29 is 19.1 Å². The summed E-state index contributed by atoms with van der Waals surface area (Å²) in [7, 11) is 0. The van der Waals surface area contributed by atoms with E-state index in [1.165, 1.54) is 0 Å². The van der Waals surface area contributed by atoms with Crippen molar-refractivity contribution in [3.63, 3.8) is 0 Å². The number of carbonyl (C=O) groups is 2. The van der Waals surface area contributed by atoms with Gasteiger partial charge in [0.05, 0.1) is 6.54 Å². The van der Waals surface area contributed by atoms with E-state index in [0.717, 1.165) is 5.56 Å². The number of rotatable bonds is 7. The zero-order valence-corrected chi connectivity index (χ0v) is 10.3. The number of carbonyl (C=O) groups excluding carboxylic acids is 2. The van der Waals surface area contributed by atoms with Crippen LogP contribution in [0.5, 0.6) is 0 Å². The molecule has 1 amide bonds. The highest BCUT2D eigenvalue weighted by Gasteiger charge is 2.06. The van der Waals surface area contributed by atoms with Crippen molar-refractivity contribution in [3.05, 3.63) is 35.9 Å². The molecule has 0 atom stereocenters. The second-order valence-corrected chi connectivity index (χ2v) is 3.59. The van der Waals surface area contributed by atoms with E-state index >= 15 is 0 Å². The highest BCUT2D eigenvalue weighted by atomic mass is 16.5. The number of nitrogens with one attached hydrogen (secondary N) is 1. The van der Waals surface area contributed by atoms with Crippen molar-refractivity contribution in [2.75, 3.05) is 19.8 Å². The number of Topliss-reactive ketones (excluding diaryl/α,β-unsaturated/α-hetero) is 1. The molecule has 0 heterocycles. The Kier molecular flexibility index (Phi) is 6.50. The molecule has 0 saturated heterocycles. The molecule has 0 aliphatic carbocycles. The Morgan fingerprint density at radius 1 is 1.22 bits per heavy atom. The van der Waals surface area contributed by atoms with Gasteiger partial charge in [-0.2, -0.15) is 0 Å². The van der Waals surface area contributed by atoms with E-state index in [2.05, 4.69) is 5.32 Å². The molecule has 18 heavy (non-hydrogen) atoms. The number of ether oxygens (including phenoxy) is 2. The molecule has 1 aromatic carbocycles. The van der Waals surface area contributed by atoms with Gasteiger partial charge in [0.25, 0.3) is 0 Å². The molecule has 0 unspecified atom stereocenters. The number of amides is 1. The maximum absolute atomic E-state index is 11.3.